The molecule has 0 bridgehead atoms. The summed E-state index contributed by atoms with van der Waals surface area (Å²) in [5, 5.41) is 3.22. The van der Waals surface area contributed by atoms with Crippen molar-refractivity contribution >= 4 is 11.7 Å². The molecule has 2 aromatic carbocycles. The molecule has 2 aromatic rings. The predicted molar refractivity (Wildman–Crippen MR) is 125 cm³/mol. The van der Waals surface area contributed by atoms with Crippen molar-refractivity contribution in [3.63, 3.8) is 0 Å². The second-order valence-electron chi connectivity index (χ2n) is 8.92. The SMILES string of the molecule is COc1ccc([C@@H]2CCCN2C(=O)Nc2ccccc2CN(C)C2CCCCC2)cc1. The van der Waals surface area contributed by atoms with Gasteiger partial charge in [0.2, 0.25) is 0 Å². The fourth-order valence-electron chi connectivity index (χ4n) is 5.07. The van der Waals surface area contributed by atoms with Gasteiger partial charge in [0.1, 0.15) is 5.75 Å². The highest BCUT2D eigenvalue weighted by atomic mass is 16.5. The largest absolute Gasteiger partial charge is 0.497 e. The third-order valence-corrected chi connectivity index (χ3v) is 6.89. The minimum absolute atomic E-state index is 0.00825. The lowest BCUT2D eigenvalue weighted by Gasteiger charge is -2.32. The van der Waals surface area contributed by atoms with E-state index in [0.717, 1.165) is 37.4 Å². The van der Waals surface area contributed by atoms with Crippen LogP contribution >= 0.6 is 0 Å². The molecule has 1 heterocycles. The first-order valence-electron chi connectivity index (χ1n) is 11.7. The summed E-state index contributed by atoms with van der Waals surface area (Å²) in [7, 11) is 3.89. The first-order valence-corrected chi connectivity index (χ1v) is 11.7. The zero-order chi connectivity index (χ0) is 21.6. The summed E-state index contributed by atoms with van der Waals surface area (Å²) < 4.78 is 5.28. The van der Waals surface area contributed by atoms with Crippen LogP contribution in [-0.2, 0) is 6.54 Å². The number of rotatable bonds is 6. The molecular weight excluding hydrogens is 386 g/mol. The lowest BCUT2D eigenvalue weighted by Crippen LogP contribution is -2.35. The molecule has 1 saturated carbocycles. The second-order valence-corrected chi connectivity index (χ2v) is 8.92. The number of amides is 2. The highest BCUT2D eigenvalue weighted by molar-refractivity contribution is 5.90. The Morgan fingerprint density at radius 2 is 1.77 bits per heavy atom. The molecule has 0 aromatic heterocycles. The van der Waals surface area contributed by atoms with Crippen molar-refractivity contribution in [1.29, 1.82) is 0 Å². The molecule has 2 amide bonds. The topological polar surface area (TPSA) is 44.8 Å². The van der Waals surface area contributed by atoms with Crippen molar-refractivity contribution in [3.05, 3.63) is 59.7 Å². The molecule has 5 nitrogen and oxygen atoms in total. The van der Waals surface area contributed by atoms with Crippen molar-refractivity contribution < 1.29 is 9.53 Å². The average Bonchev–Trinajstić information content (AvgIpc) is 3.31. The normalized spacial score (nSPS) is 19.6. The number of urea groups is 1. The van der Waals surface area contributed by atoms with E-state index in [1.165, 1.54) is 43.2 Å². The lowest BCUT2D eigenvalue weighted by atomic mass is 9.94. The molecule has 166 valence electrons. The summed E-state index contributed by atoms with van der Waals surface area (Å²) >= 11 is 0. The molecule has 1 aliphatic carbocycles. The number of carbonyl (C=O) groups is 1. The number of anilines is 1. The number of hydrogen-bond acceptors (Lipinski definition) is 3. The predicted octanol–water partition coefficient (Wildman–Crippen LogP) is 5.83. The minimum atomic E-state index is -0.00825. The van der Waals surface area contributed by atoms with E-state index in [4.69, 9.17) is 4.74 Å². The van der Waals surface area contributed by atoms with Gasteiger partial charge in [0, 0.05) is 24.8 Å². The standard InChI is InChI=1S/C26H35N3O2/c1-28(22-10-4-3-5-11-22)19-21-9-6-7-12-24(21)27-26(30)29-18-8-13-25(29)20-14-16-23(31-2)17-15-20/h6-7,9,12,14-17,22,25H,3-5,8,10-11,13,18-19H2,1-2H3,(H,27,30)/t25-/m0/s1. The van der Waals surface area contributed by atoms with E-state index >= 15 is 0 Å². The quantitative estimate of drug-likeness (QED) is 0.638. The molecule has 2 fully saturated rings. The molecule has 1 N–H and O–H groups in total. The molecule has 31 heavy (non-hydrogen) atoms. The summed E-state index contributed by atoms with van der Waals surface area (Å²) in [6, 6.07) is 17.1. The molecule has 1 saturated heterocycles. The van der Waals surface area contributed by atoms with E-state index in [2.05, 4.69) is 41.5 Å². The highest BCUT2D eigenvalue weighted by Gasteiger charge is 2.30. The lowest BCUT2D eigenvalue weighted by molar-refractivity contribution is 0.184. The summed E-state index contributed by atoms with van der Waals surface area (Å²) in [4.78, 5) is 17.7. The van der Waals surface area contributed by atoms with Crippen LogP contribution in [0.3, 0.4) is 0 Å². The Hall–Kier alpha value is -2.53. The Bertz CT molecular complexity index is 861. The number of methoxy groups -OCH3 is 1. The van der Waals surface area contributed by atoms with Crippen LogP contribution in [0.15, 0.2) is 48.5 Å². The molecule has 5 heteroatoms. The molecule has 0 unspecified atom stereocenters. The zero-order valence-corrected chi connectivity index (χ0v) is 18.8. The molecular formula is C26H35N3O2. The van der Waals surface area contributed by atoms with Gasteiger partial charge in [0.25, 0.3) is 0 Å². The van der Waals surface area contributed by atoms with Crippen LogP contribution in [0.25, 0.3) is 0 Å². The maximum atomic E-state index is 13.2. The van der Waals surface area contributed by atoms with E-state index in [-0.39, 0.29) is 12.1 Å². The number of carbonyl (C=O) groups excluding carboxylic acids is 1. The van der Waals surface area contributed by atoms with Gasteiger partial charge in [0.05, 0.1) is 13.2 Å². The Balaban J connectivity index is 1.44. The van der Waals surface area contributed by atoms with Crippen molar-refractivity contribution in [2.75, 3.05) is 26.0 Å². The van der Waals surface area contributed by atoms with Gasteiger partial charge in [-0.3, -0.25) is 4.90 Å². The van der Waals surface area contributed by atoms with E-state index in [1.807, 2.05) is 29.2 Å². The minimum Gasteiger partial charge on any atom is -0.497 e. The van der Waals surface area contributed by atoms with Crippen molar-refractivity contribution in [3.8, 4) is 5.75 Å². The van der Waals surface area contributed by atoms with Crippen LogP contribution < -0.4 is 10.1 Å². The van der Waals surface area contributed by atoms with Crippen LogP contribution in [0.4, 0.5) is 10.5 Å². The van der Waals surface area contributed by atoms with Gasteiger partial charge in [-0.25, -0.2) is 4.79 Å². The summed E-state index contributed by atoms with van der Waals surface area (Å²) in [6.07, 6.45) is 8.60. The highest BCUT2D eigenvalue weighted by Crippen LogP contribution is 2.33. The Labute approximate surface area is 186 Å². The van der Waals surface area contributed by atoms with Crippen LogP contribution in [0.5, 0.6) is 5.75 Å². The van der Waals surface area contributed by atoms with Gasteiger partial charge in [-0.2, -0.15) is 0 Å². The number of hydrogen-bond donors (Lipinski definition) is 1. The van der Waals surface area contributed by atoms with Gasteiger partial charge >= 0.3 is 6.03 Å². The summed E-state index contributed by atoms with van der Waals surface area (Å²) in [5.74, 6) is 0.841. The van der Waals surface area contributed by atoms with Crippen molar-refractivity contribution in [2.45, 2.75) is 63.6 Å². The average molecular weight is 422 g/mol. The number of benzene rings is 2. The van der Waals surface area contributed by atoms with Crippen LogP contribution in [0.2, 0.25) is 0 Å². The molecule has 1 atom stereocenters. The fourth-order valence-corrected chi connectivity index (χ4v) is 5.07. The Morgan fingerprint density at radius 1 is 1.03 bits per heavy atom. The number of para-hydroxylation sites is 1. The van der Waals surface area contributed by atoms with E-state index in [1.54, 1.807) is 7.11 Å². The van der Waals surface area contributed by atoms with Gasteiger partial charge in [-0.05, 0) is 62.1 Å². The Morgan fingerprint density at radius 3 is 2.52 bits per heavy atom. The number of nitrogens with zero attached hydrogens (tertiary/aromatic N) is 2. The number of nitrogens with one attached hydrogen (secondary N) is 1. The third kappa shape index (κ3) is 5.21. The van der Waals surface area contributed by atoms with Gasteiger partial charge < -0.3 is 15.0 Å². The molecule has 0 spiro atoms. The molecule has 4 rings (SSSR count). The fraction of sp³-hybridized carbons (Fsp3) is 0.500. The second kappa shape index (κ2) is 10.2. The number of likely N-dealkylation sites (tertiary alicyclic amines) is 1. The number of ether oxygens (including phenoxy) is 1. The van der Waals surface area contributed by atoms with Gasteiger partial charge in [-0.1, -0.05) is 49.6 Å². The van der Waals surface area contributed by atoms with E-state index < -0.39 is 0 Å². The first-order chi connectivity index (χ1) is 15.2. The van der Waals surface area contributed by atoms with E-state index in [0.29, 0.717) is 6.04 Å². The first kappa shape index (κ1) is 21.7. The third-order valence-electron chi connectivity index (χ3n) is 6.89. The maximum absolute atomic E-state index is 13.2. The van der Waals surface area contributed by atoms with E-state index in [9.17, 15) is 4.79 Å². The molecule has 1 aliphatic heterocycles. The summed E-state index contributed by atoms with van der Waals surface area (Å²) in [6.45, 7) is 1.65. The van der Waals surface area contributed by atoms with Crippen LogP contribution in [0, 0.1) is 0 Å². The monoisotopic (exact) mass is 421 g/mol. The van der Waals surface area contributed by atoms with Crippen molar-refractivity contribution in [1.82, 2.24) is 9.80 Å². The summed E-state index contributed by atoms with van der Waals surface area (Å²) in [5.41, 5.74) is 3.28. The van der Waals surface area contributed by atoms with Crippen LogP contribution in [0.1, 0.15) is 62.1 Å². The smallest absolute Gasteiger partial charge is 0.322 e. The molecule has 0 radical (unpaired) electrons. The van der Waals surface area contributed by atoms with Gasteiger partial charge in [0.15, 0.2) is 0 Å². The van der Waals surface area contributed by atoms with Crippen LogP contribution in [-0.4, -0.2) is 42.6 Å². The van der Waals surface area contributed by atoms with Crippen molar-refractivity contribution in [2.24, 2.45) is 0 Å². The maximum Gasteiger partial charge on any atom is 0.322 e. The van der Waals surface area contributed by atoms with Gasteiger partial charge in [-0.15, -0.1) is 0 Å². The Kier molecular flexibility index (Phi) is 7.13. The zero-order valence-electron chi connectivity index (χ0n) is 18.8. The molecule has 2 aliphatic rings.